The molecule has 5 heteroatoms. The predicted molar refractivity (Wildman–Crippen MR) is 87.9 cm³/mol. The van der Waals surface area contributed by atoms with Gasteiger partial charge in [0.15, 0.2) is 0 Å². The van der Waals surface area contributed by atoms with Crippen LogP contribution in [0.1, 0.15) is 37.7 Å². The molecule has 2 fully saturated rings. The Labute approximate surface area is 132 Å². The second-order valence-corrected chi connectivity index (χ2v) is 6.63. The number of carbonyl (C=O) groups excluding carboxylic acids is 1. The van der Waals surface area contributed by atoms with E-state index in [-0.39, 0.29) is 6.03 Å². The number of hydrogen-bond acceptors (Lipinski definition) is 3. The zero-order valence-electron chi connectivity index (χ0n) is 13.6. The van der Waals surface area contributed by atoms with Crippen LogP contribution in [0.15, 0.2) is 18.3 Å². The molecule has 2 aliphatic rings. The van der Waals surface area contributed by atoms with Gasteiger partial charge in [0.05, 0.1) is 0 Å². The zero-order chi connectivity index (χ0) is 15.5. The first-order chi connectivity index (χ1) is 10.7. The van der Waals surface area contributed by atoms with Gasteiger partial charge in [-0.3, -0.25) is 0 Å². The number of piperidine rings is 1. The number of hydrogen-bond donors (Lipinski definition) is 1. The molecule has 2 heterocycles. The number of urea groups is 1. The first-order valence-electron chi connectivity index (χ1n) is 8.32. The van der Waals surface area contributed by atoms with Crippen LogP contribution < -0.4 is 10.2 Å². The summed E-state index contributed by atoms with van der Waals surface area (Å²) in [5.74, 6) is 1.65. The van der Waals surface area contributed by atoms with Crippen molar-refractivity contribution < 1.29 is 4.79 Å². The molecule has 3 rings (SSSR count). The Morgan fingerprint density at radius 1 is 1.36 bits per heavy atom. The van der Waals surface area contributed by atoms with Crippen LogP contribution in [0.5, 0.6) is 0 Å². The highest BCUT2D eigenvalue weighted by molar-refractivity contribution is 5.75. The van der Waals surface area contributed by atoms with E-state index in [4.69, 9.17) is 0 Å². The molecule has 5 nitrogen and oxygen atoms in total. The number of amides is 2. The molecule has 0 aromatic carbocycles. The average Bonchev–Trinajstić information content (AvgIpc) is 3.01. The minimum atomic E-state index is 0.0881. The van der Waals surface area contributed by atoms with Crippen LogP contribution in [0.2, 0.25) is 0 Å². The minimum absolute atomic E-state index is 0.0881. The molecule has 1 aliphatic carbocycles. The normalized spacial score (nSPS) is 24.0. The van der Waals surface area contributed by atoms with Gasteiger partial charge in [-0.05, 0) is 37.7 Å². The van der Waals surface area contributed by atoms with Crippen molar-refractivity contribution >= 4 is 11.8 Å². The van der Waals surface area contributed by atoms with E-state index in [1.807, 2.05) is 31.1 Å². The number of pyridine rings is 1. The number of nitrogens with zero attached hydrogens (tertiary/aromatic N) is 3. The van der Waals surface area contributed by atoms with Crippen LogP contribution in [-0.2, 0) is 6.54 Å². The van der Waals surface area contributed by atoms with Gasteiger partial charge in [-0.25, -0.2) is 9.78 Å². The molecule has 1 aromatic rings. The Kier molecular flexibility index (Phi) is 4.50. The first-order valence-corrected chi connectivity index (χ1v) is 8.32. The molecule has 1 saturated carbocycles. The number of fused-ring (bicyclic) bond motifs is 1. The standard InChI is InChI=1S/C17H26N4O/c1-20(2)16-14(7-4-10-18-16)12-19-17(22)21-11-5-8-13-6-3-9-15(13)21/h4,7,10,13,15H,3,5-6,8-9,11-12H2,1-2H3,(H,19,22)/t13-,15-/m0/s1. The van der Waals surface area contributed by atoms with Gasteiger partial charge in [0, 0.05) is 45.0 Å². The van der Waals surface area contributed by atoms with E-state index in [0.717, 1.165) is 30.3 Å². The summed E-state index contributed by atoms with van der Waals surface area (Å²) in [5.41, 5.74) is 1.06. The van der Waals surface area contributed by atoms with Gasteiger partial charge in [0.2, 0.25) is 0 Å². The quantitative estimate of drug-likeness (QED) is 0.933. The molecule has 0 radical (unpaired) electrons. The van der Waals surface area contributed by atoms with Crippen molar-refractivity contribution in [3.8, 4) is 0 Å². The van der Waals surface area contributed by atoms with Crippen LogP contribution >= 0.6 is 0 Å². The Morgan fingerprint density at radius 2 is 2.18 bits per heavy atom. The lowest BCUT2D eigenvalue weighted by Crippen LogP contribution is -2.50. The van der Waals surface area contributed by atoms with Crippen molar-refractivity contribution in [3.63, 3.8) is 0 Å². The van der Waals surface area contributed by atoms with Gasteiger partial charge in [0.25, 0.3) is 0 Å². The highest BCUT2D eigenvalue weighted by atomic mass is 16.2. The highest BCUT2D eigenvalue weighted by Gasteiger charge is 2.37. The van der Waals surface area contributed by atoms with Crippen molar-refractivity contribution in [2.24, 2.45) is 5.92 Å². The minimum Gasteiger partial charge on any atom is -0.362 e. The number of nitrogens with one attached hydrogen (secondary N) is 1. The molecule has 120 valence electrons. The maximum Gasteiger partial charge on any atom is 0.317 e. The van der Waals surface area contributed by atoms with E-state index in [2.05, 4.69) is 15.2 Å². The Balaban J connectivity index is 1.63. The number of rotatable bonds is 3. The van der Waals surface area contributed by atoms with E-state index >= 15 is 0 Å². The summed E-state index contributed by atoms with van der Waals surface area (Å²) in [5, 5.41) is 3.10. The van der Waals surface area contributed by atoms with Gasteiger partial charge in [0.1, 0.15) is 5.82 Å². The largest absolute Gasteiger partial charge is 0.362 e. The Bertz CT molecular complexity index is 531. The summed E-state index contributed by atoms with van der Waals surface area (Å²) < 4.78 is 0. The molecule has 1 saturated heterocycles. The summed E-state index contributed by atoms with van der Waals surface area (Å²) in [6.07, 6.45) is 7.96. The smallest absolute Gasteiger partial charge is 0.317 e. The van der Waals surface area contributed by atoms with Gasteiger partial charge < -0.3 is 15.1 Å². The SMILES string of the molecule is CN(C)c1ncccc1CNC(=O)N1CCC[C@@H]2CCC[C@@H]21. The van der Waals surface area contributed by atoms with Gasteiger partial charge in [-0.1, -0.05) is 12.5 Å². The van der Waals surface area contributed by atoms with Gasteiger partial charge in [-0.2, -0.15) is 0 Å². The number of carbonyl (C=O) groups is 1. The van der Waals surface area contributed by atoms with Crippen molar-refractivity contribution in [2.45, 2.75) is 44.7 Å². The monoisotopic (exact) mass is 302 g/mol. The lowest BCUT2D eigenvalue weighted by Gasteiger charge is -2.37. The Hall–Kier alpha value is -1.78. The van der Waals surface area contributed by atoms with E-state index in [9.17, 15) is 4.79 Å². The molecule has 22 heavy (non-hydrogen) atoms. The molecule has 0 spiro atoms. The van der Waals surface area contributed by atoms with Crippen molar-refractivity contribution in [1.82, 2.24) is 15.2 Å². The van der Waals surface area contributed by atoms with Crippen LogP contribution in [0, 0.1) is 5.92 Å². The third-order valence-electron chi connectivity index (χ3n) is 4.98. The second-order valence-electron chi connectivity index (χ2n) is 6.63. The summed E-state index contributed by atoms with van der Waals surface area (Å²) in [7, 11) is 3.95. The molecule has 1 N–H and O–H groups in total. The third kappa shape index (κ3) is 3.03. The van der Waals surface area contributed by atoms with Crippen LogP contribution in [-0.4, -0.2) is 42.6 Å². The van der Waals surface area contributed by atoms with E-state index in [1.165, 1.54) is 25.7 Å². The summed E-state index contributed by atoms with van der Waals surface area (Å²) in [6.45, 7) is 1.44. The van der Waals surface area contributed by atoms with E-state index in [0.29, 0.717) is 12.6 Å². The second kappa shape index (κ2) is 6.55. The zero-order valence-corrected chi connectivity index (χ0v) is 13.6. The van der Waals surface area contributed by atoms with E-state index < -0.39 is 0 Å². The highest BCUT2D eigenvalue weighted by Crippen LogP contribution is 2.36. The van der Waals surface area contributed by atoms with Crippen LogP contribution in [0.4, 0.5) is 10.6 Å². The van der Waals surface area contributed by atoms with Crippen molar-refractivity contribution in [1.29, 1.82) is 0 Å². The first kappa shape index (κ1) is 15.1. The molecule has 0 unspecified atom stereocenters. The van der Waals surface area contributed by atoms with Gasteiger partial charge in [-0.15, -0.1) is 0 Å². The third-order valence-corrected chi connectivity index (χ3v) is 4.98. The number of likely N-dealkylation sites (tertiary alicyclic amines) is 1. The lowest BCUT2D eigenvalue weighted by molar-refractivity contribution is 0.128. The molecule has 1 aromatic heterocycles. The van der Waals surface area contributed by atoms with Crippen molar-refractivity contribution in [3.05, 3.63) is 23.9 Å². The van der Waals surface area contributed by atoms with Crippen LogP contribution in [0.25, 0.3) is 0 Å². The lowest BCUT2D eigenvalue weighted by atomic mass is 9.92. The summed E-state index contributed by atoms with van der Waals surface area (Å²) in [6, 6.07) is 4.50. The predicted octanol–water partition coefficient (Wildman–Crippen LogP) is 2.62. The fourth-order valence-corrected chi connectivity index (χ4v) is 3.95. The number of aromatic nitrogens is 1. The molecule has 2 atom stereocenters. The van der Waals surface area contributed by atoms with Gasteiger partial charge >= 0.3 is 6.03 Å². The molecular formula is C17H26N4O. The van der Waals surface area contributed by atoms with E-state index in [1.54, 1.807) is 6.20 Å². The molecule has 2 amide bonds. The van der Waals surface area contributed by atoms with Crippen LogP contribution in [0.3, 0.4) is 0 Å². The maximum atomic E-state index is 12.6. The molecular weight excluding hydrogens is 276 g/mol. The summed E-state index contributed by atoms with van der Waals surface area (Å²) in [4.78, 5) is 21.0. The fourth-order valence-electron chi connectivity index (χ4n) is 3.95. The maximum absolute atomic E-state index is 12.6. The van der Waals surface area contributed by atoms with Crippen molar-refractivity contribution in [2.75, 3.05) is 25.5 Å². The molecule has 1 aliphatic heterocycles. The summed E-state index contributed by atoms with van der Waals surface area (Å²) >= 11 is 0. The fraction of sp³-hybridized carbons (Fsp3) is 0.647. The molecule has 0 bridgehead atoms. The topological polar surface area (TPSA) is 48.5 Å². The number of anilines is 1. The average molecular weight is 302 g/mol. The Morgan fingerprint density at radius 3 is 3.00 bits per heavy atom.